The first-order valence-electron chi connectivity index (χ1n) is 12.9. The predicted octanol–water partition coefficient (Wildman–Crippen LogP) is 9.38. The van der Waals surface area contributed by atoms with E-state index < -0.39 is 5.41 Å². The number of benzene rings is 6. The minimum atomic E-state index is -0.396. The highest BCUT2D eigenvalue weighted by Crippen LogP contribution is 2.56. The van der Waals surface area contributed by atoms with Gasteiger partial charge in [0.25, 0.3) is 0 Å². The van der Waals surface area contributed by atoms with Crippen LogP contribution in [0.15, 0.2) is 158 Å². The molecule has 0 saturated carbocycles. The first-order valence-corrected chi connectivity index (χ1v) is 12.9. The minimum Gasteiger partial charge on any atom is -0.0622 e. The average Bonchev–Trinajstić information content (AvgIpc) is 3.30. The predicted molar refractivity (Wildman–Crippen MR) is 155 cm³/mol. The summed E-state index contributed by atoms with van der Waals surface area (Å²) in [5.41, 5.74) is 12.4. The second-order valence-corrected chi connectivity index (χ2v) is 9.73. The van der Waals surface area contributed by atoms with Crippen molar-refractivity contribution in [1.29, 1.82) is 0 Å². The van der Waals surface area contributed by atoms with Crippen LogP contribution in [0.25, 0.3) is 33.4 Å². The van der Waals surface area contributed by atoms with Gasteiger partial charge in [0.2, 0.25) is 0 Å². The Hall–Kier alpha value is -4.68. The maximum atomic E-state index is 2.39. The molecule has 0 heterocycles. The topological polar surface area (TPSA) is 0 Å². The molecule has 0 bridgehead atoms. The molecule has 0 atom stereocenters. The van der Waals surface area contributed by atoms with E-state index in [2.05, 4.69) is 158 Å². The number of fused-ring (bicyclic) bond motifs is 3. The molecule has 0 fully saturated rings. The standard InChI is InChI=1S/C37H26/c1-3-12-27(13-4-1)29-22-24-31(25-23-29)37(32-17-11-16-30(26-32)28-14-5-2-6-15-28)35-20-9-7-18-33(35)34-19-8-10-21-36(34)37/h1-26H. The molecule has 7 rings (SSSR count). The van der Waals surface area contributed by atoms with Gasteiger partial charge in [0, 0.05) is 0 Å². The summed E-state index contributed by atoms with van der Waals surface area (Å²) in [5.74, 6) is 0. The van der Waals surface area contributed by atoms with E-state index >= 15 is 0 Å². The van der Waals surface area contributed by atoms with E-state index in [0.717, 1.165) is 0 Å². The zero-order valence-corrected chi connectivity index (χ0v) is 20.5. The molecular formula is C37H26. The van der Waals surface area contributed by atoms with Gasteiger partial charge in [-0.15, -0.1) is 0 Å². The molecule has 6 aromatic rings. The fourth-order valence-corrected chi connectivity index (χ4v) is 6.13. The Kier molecular flexibility index (Phi) is 5.11. The molecule has 0 heteroatoms. The van der Waals surface area contributed by atoms with Crippen molar-refractivity contribution < 1.29 is 0 Å². The average molecular weight is 471 g/mol. The van der Waals surface area contributed by atoms with Crippen LogP contribution in [0.1, 0.15) is 22.3 Å². The molecule has 0 nitrogen and oxygen atoms in total. The van der Waals surface area contributed by atoms with Gasteiger partial charge >= 0.3 is 0 Å². The first-order chi connectivity index (χ1) is 18.4. The summed E-state index contributed by atoms with van der Waals surface area (Å²) in [5, 5.41) is 0. The van der Waals surface area contributed by atoms with E-state index in [1.807, 2.05) is 0 Å². The van der Waals surface area contributed by atoms with Gasteiger partial charge in [0.15, 0.2) is 0 Å². The Morgan fingerprint density at radius 3 is 1.35 bits per heavy atom. The Bertz CT molecular complexity index is 1650. The molecule has 37 heavy (non-hydrogen) atoms. The van der Waals surface area contributed by atoms with Crippen molar-refractivity contribution in [2.45, 2.75) is 5.41 Å². The lowest BCUT2D eigenvalue weighted by atomic mass is 9.67. The molecule has 0 spiro atoms. The molecule has 0 saturated heterocycles. The zero-order valence-electron chi connectivity index (χ0n) is 20.5. The Balaban J connectivity index is 1.51. The third-order valence-electron chi connectivity index (χ3n) is 7.78. The van der Waals surface area contributed by atoms with E-state index in [0.29, 0.717) is 0 Å². The van der Waals surface area contributed by atoms with Gasteiger partial charge < -0.3 is 0 Å². The second kappa shape index (κ2) is 8.76. The summed E-state index contributed by atoms with van der Waals surface area (Å²) in [6.45, 7) is 0. The summed E-state index contributed by atoms with van der Waals surface area (Å²) < 4.78 is 0. The van der Waals surface area contributed by atoms with E-state index in [1.165, 1.54) is 55.6 Å². The summed E-state index contributed by atoms with van der Waals surface area (Å²) in [6, 6.07) is 57.5. The summed E-state index contributed by atoms with van der Waals surface area (Å²) >= 11 is 0. The monoisotopic (exact) mass is 470 g/mol. The molecule has 1 aliphatic rings. The largest absolute Gasteiger partial charge is 0.0713 e. The lowest BCUT2D eigenvalue weighted by Gasteiger charge is -2.34. The van der Waals surface area contributed by atoms with E-state index in [1.54, 1.807) is 0 Å². The lowest BCUT2D eigenvalue weighted by molar-refractivity contribution is 0.769. The van der Waals surface area contributed by atoms with Crippen molar-refractivity contribution in [2.24, 2.45) is 0 Å². The number of hydrogen-bond donors (Lipinski definition) is 0. The van der Waals surface area contributed by atoms with Crippen LogP contribution in [0, 0.1) is 0 Å². The maximum absolute atomic E-state index is 2.39. The van der Waals surface area contributed by atoms with Crippen LogP contribution in [-0.2, 0) is 5.41 Å². The highest BCUT2D eigenvalue weighted by Gasteiger charge is 2.45. The van der Waals surface area contributed by atoms with Crippen molar-refractivity contribution in [2.75, 3.05) is 0 Å². The fourth-order valence-electron chi connectivity index (χ4n) is 6.13. The van der Waals surface area contributed by atoms with Gasteiger partial charge in [-0.1, -0.05) is 152 Å². The quantitative estimate of drug-likeness (QED) is 0.240. The molecule has 6 aromatic carbocycles. The lowest BCUT2D eigenvalue weighted by Crippen LogP contribution is -2.28. The van der Waals surface area contributed by atoms with Crippen LogP contribution >= 0.6 is 0 Å². The smallest absolute Gasteiger partial charge is 0.0622 e. The van der Waals surface area contributed by atoms with Gasteiger partial charge in [0.1, 0.15) is 0 Å². The molecular weight excluding hydrogens is 444 g/mol. The molecule has 0 amide bonds. The maximum Gasteiger partial charge on any atom is 0.0713 e. The van der Waals surface area contributed by atoms with Gasteiger partial charge in [0.05, 0.1) is 5.41 Å². The van der Waals surface area contributed by atoms with Crippen molar-refractivity contribution in [3.63, 3.8) is 0 Å². The molecule has 0 aliphatic heterocycles. The molecule has 0 N–H and O–H groups in total. The van der Waals surface area contributed by atoms with Crippen molar-refractivity contribution in [3.05, 3.63) is 180 Å². The Labute approximate surface area is 218 Å². The Morgan fingerprint density at radius 2 is 0.757 bits per heavy atom. The van der Waals surface area contributed by atoms with Crippen LogP contribution in [0.5, 0.6) is 0 Å². The zero-order chi connectivity index (χ0) is 24.7. The van der Waals surface area contributed by atoms with Crippen molar-refractivity contribution in [1.82, 2.24) is 0 Å². The van der Waals surface area contributed by atoms with Crippen molar-refractivity contribution in [3.8, 4) is 33.4 Å². The number of rotatable bonds is 4. The van der Waals surface area contributed by atoms with Crippen LogP contribution in [-0.4, -0.2) is 0 Å². The Morgan fingerprint density at radius 1 is 0.297 bits per heavy atom. The molecule has 0 aromatic heterocycles. The fraction of sp³-hybridized carbons (Fsp3) is 0.0270. The van der Waals surface area contributed by atoms with E-state index in [-0.39, 0.29) is 0 Å². The van der Waals surface area contributed by atoms with Gasteiger partial charge in [-0.25, -0.2) is 0 Å². The summed E-state index contributed by atoms with van der Waals surface area (Å²) in [4.78, 5) is 0. The third-order valence-corrected chi connectivity index (χ3v) is 7.78. The number of hydrogen-bond acceptors (Lipinski definition) is 0. The molecule has 0 unspecified atom stereocenters. The second-order valence-electron chi connectivity index (χ2n) is 9.73. The van der Waals surface area contributed by atoms with E-state index in [4.69, 9.17) is 0 Å². The highest BCUT2D eigenvalue weighted by molar-refractivity contribution is 5.87. The normalized spacial score (nSPS) is 13.1. The molecule has 174 valence electrons. The van der Waals surface area contributed by atoms with Gasteiger partial charge in [-0.05, 0) is 61.7 Å². The SMILES string of the molecule is c1ccc(-c2ccc(C3(c4cccc(-c5ccccc5)c4)c4ccccc4-c4ccccc43)cc2)cc1. The molecule has 0 radical (unpaired) electrons. The van der Waals surface area contributed by atoms with E-state index in [9.17, 15) is 0 Å². The van der Waals surface area contributed by atoms with Crippen LogP contribution < -0.4 is 0 Å². The van der Waals surface area contributed by atoms with Crippen LogP contribution in [0.3, 0.4) is 0 Å². The van der Waals surface area contributed by atoms with Gasteiger partial charge in [-0.2, -0.15) is 0 Å². The summed E-state index contributed by atoms with van der Waals surface area (Å²) in [7, 11) is 0. The third kappa shape index (κ3) is 3.37. The summed E-state index contributed by atoms with van der Waals surface area (Å²) in [6.07, 6.45) is 0. The van der Waals surface area contributed by atoms with Gasteiger partial charge in [-0.3, -0.25) is 0 Å². The molecule has 1 aliphatic carbocycles. The highest BCUT2D eigenvalue weighted by atomic mass is 14.5. The minimum absolute atomic E-state index is 0.396. The van der Waals surface area contributed by atoms with Crippen molar-refractivity contribution >= 4 is 0 Å². The van der Waals surface area contributed by atoms with Crippen LogP contribution in [0.4, 0.5) is 0 Å². The van der Waals surface area contributed by atoms with Crippen LogP contribution in [0.2, 0.25) is 0 Å². The first kappa shape index (κ1) is 21.6.